The maximum absolute atomic E-state index is 14.5. The van der Waals surface area contributed by atoms with E-state index >= 15 is 0 Å². The molecule has 0 bridgehead atoms. The fraction of sp³-hybridized carbons (Fsp3) is 0.231. The highest BCUT2D eigenvalue weighted by Gasteiger charge is 2.57. The van der Waals surface area contributed by atoms with Gasteiger partial charge in [-0.05, 0) is 55.5 Å². The Balaban J connectivity index is 1.59. The predicted octanol–water partition coefficient (Wildman–Crippen LogP) is 3.11. The monoisotopic (exact) mass is 576 g/mol. The number of aliphatic hydroxyl groups is 1. The summed E-state index contributed by atoms with van der Waals surface area (Å²) in [7, 11) is 0. The first kappa shape index (κ1) is 27.3. The van der Waals surface area contributed by atoms with Crippen LogP contribution in [-0.2, 0) is 15.8 Å². The lowest BCUT2D eigenvalue weighted by molar-refractivity contribution is -0.265. The van der Waals surface area contributed by atoms with Crippen LogP contribution < -0.4 is 20.7 Å². The summed E-state index contributed by atoms with van der Waals surface area (Å²) in [5.74, 6) is -2.49. The number of ether oxygens (including phenoxy) is 1. The van der Waals surface area contributed by atoms with Crippen LogP contribution in [0.4, 0.5) is 17.6 Å². The molecule has 2 amide bonds. The van der Waals surface area contributed by atoms with Gasteiger partial charge in [-0.15, -0.1) is 0 Å². The van der Waals surface area contributed by atoms with Crippen molar-refractivity contribution in [3.8, 4) is 17.0 Å². The number of aromatic amines is 1. The number of carbonyl (C=O) groups excluding carboxylic acids is 2. The highest BCUT2D eigenvalue weighted by molar-refractivity contribution is 7.16. The molecule has 3 heterocycles. The third-order valence-corrected chi connectivity index (χ3v) is 7.66. The Morgan fingerprint density at radius 3 is 2.55 bits per heavy atom. The van der Waals surface area contributed by atoms with Gasteiger partial charge in [0.15, 0.2) is 0 Å². The first-order valence-electron chi connectivity index (χ1n) is 11.7. The smallest absolute Gasteiger partial charge is 0.424 e. The average Bonchev–Trinajstić information content (AvgIpc) is 3.45. The van der Waals surface area contributed by atoms with E-state index in [1.165, 1.54) is 37.3 Å². The van der Waals surface area contributed by atoms with Gasteiger partial charge in [0.1, 0.15) is 29.3 Å². The van der Waals surface area contributed by atoms with Crippen molar-refractivity contribution in [2.75, 3.05) is 13.2 Å². The number of nitrogens with zero attached hydrogens (tertiary/aromatic N) is 1. The van der Waals surface area contributed by atoms with E-state index in [0.717, 1.165) is 29.5 Å². The molecule has 14 heteroatoms. The summed E-state index contributed by atoms with van der Waals surface area (Å²) in [6, 6.07) is 9.58. The number of nitrogens with two attached hydrogens (primary N) is 1. The highest BCUT2D eigenvalue weighted by atomic mass is 32.1. The van der Waals surface area contributed by atoms with Crippen molar-refractivity contribution >= 4 is 33.4 Å². The number of H-pyrrole nitrogens is 1. The van der Waals surface area contributed by atoms with Gasteiger partial charge in [-0.25, -0.2) is 9.37 Å². The zero-order valence-electron chi connectivity index (χ0n) is 20.6. The van der Waals surface area contributed by atoms with Crippen LogP contribution in [0.1, 0.15) is 28.5 Å². The molecule has 40 heavy (non-hydrogen) atoms. The first-order valence-corrected chi connectivity index (χ1v) is 12.5. The number of thiazole rings is 1. The van der Waals surface area contributed by atoms with E-state index in [9.17, 15) is 37.1 Å². The minimum Gasteiger partial charge on any atom is -0.489 e. The minimum absolute atomic E-state index is 0.0379. The van der Waals surface area contributed by atoms with E-state index in [1.54, 1.807) is 0 Å². The van der Waals surface area contributed by atoms with Gasteiger partial charge in [0, 0.05) is 16.7 Å². The largest absolute Gasteiger partial charge is 0.489 e. The molecule has 5 N–H and O–H groups in total. The van der Waals surface area contributed by atoms with Crippen LogP contribution in [-0.4, -0.2) is 46.2 Å². The molecular formula is C26H20F4N4O5S. The number of rotatable bonds is 6. The summed E-state index contributed by atoms with van der Waals surface area (Å²) < 4.78 is 63.1. The number of halogens is 4. The quantitative estimate of drug-likeness (QED) is 0.260. The molecule has 1 aliphatic heterocycles. The molecule has 0 aliphatic carbocycles. The summed E-state index contributed by atoms with van der Waals surface area (Å²) in [5.41, 5.74) is -0.343. The van der Waals surface area contributed by atoms with E-state index in [1.807, 2.05) is 0 Å². The van der Waals surface area contributed by atoms with E-state index in [4.69, 9.17) is 10.5 Å². The second kappa shape index (κ2) is 9.41. The maximum atomic E-state index is 14.5. The van der Waals surface area contributed by atoms with Gasteiger partial charge in [-0.3, -0.25) is 14.4 Å². The summed E-state index contributed by atoms with van der Waals surface area (Å²) in [6.45, 7) is -0.273. The van der Waals surface area contributed by atoms with Crippen molar-refractivity contribution in [3.05, 3.63) is 80.8 Å². The lowest BCUT2D eigenvalue weighted by Crippen LogP contribution is -2.51. The highest BCUT2D eigenvalue weighted by Crippen LogP contribution is 2.47. The molecule has 0 saturated heterocycles. The molecule has 4 aromatic rings. The van der Waals surface area contributed by atoms with Crippen molar-refractivity contribution in [1.29, 1.82) is 0 Å². The number of hydrogen-bond donors (Lipinski definition) is 4. The fourth-order valence-corrected chi connectivity index (χ4v) is 5.11. The second-order valence-electron chi connectivity index (χ2n) is 9.49. The molecule has 9 nitrogen and oxygen atoms in total. The molecule has 2 atom stereocenters. The van der Waals surface area contributed by atoms with Gasteiger partial charge in [0.25, 0.3) is 5.91 Å². The van der Waals surface area contributed by atoms with Gasteiger partial charge in [-0.2, -0.15) is 13.2 Å². The third kappa shape index (κ3) is 4.48. The fourth-order valence-electron chi connectivity index (χ4n) is 4.34. The third-order valence-electron chi connectivity index (χ3n) is 6.81. The van der Waals surface area contributed by atoms with Gasteiger partial charge in [0.2, 0.25) is 11.5 Å². The van der Waals surface area contributed by atoms with Crippen LogP contribution in [0, 0.1) is 5.82 Å². The first-order chi connectivity index (χ1) is 18.7. The zero-order chi connectivity index (χ0) is 29.0. The number of alkyl halides is 3. The molecule has 2 aromatic carbocycles. The Labute approximate surface area is 226 Å². The minimum atomic E-state index is -5.35. The lowest BCUT2D eigenvalue weighted by atomic mass is 9.81. The van der Waals surface area contributed by atoms with Crippen LogP contribution in [0.2, 0.25) is 0 Å². The number of hydrogen-bond acceptors (Lipinski definition) is 7. The Kier molecular flexibility index (Phi) is 6.42. The number of primary amides is 1. The van der Waals surface area contributed by atoms with E-state index in [2.05, 4.69) is 15.3 Å². The number of fused-ring (bicyclic) bond motifs is 2. The van der Waals surface area contributed by atoms with Crippen molar-refractivity contribution in [2.24, 2.45) is 5.73 Å². The van der Waals surface area contributed by atoms with Gasteiger partial charge >= 0.3 is 11.0 Å². The molecule has 0 fully saturated rings. The topological polar surface area (TPSA) is 147 Å². The molecule has 208 valence electrons. The Morgan fingerprint density at radius 2 is 1.90 bits per heavy atom. The molecular weight excluding hydrogens is 556 g/mol. The molecule has 2 aromatic heterocycles. The van der Waals surface area contributed by atoms with Crippen molar-refractivity contribution < 1.29 is 37.0 Å². The molecule has 5 rings (SSSR count). The summed E-state index contributed by atoms with van der Waals surface area (Å²) in [5, 5.41) is 13.2. The number of carbonyl (C=O) groups is 2. The van der Waals surface area contributed by atoms with Crippen LogP contribution in [0.3, 0.4) is 0 Å². The Morgan fingerprint density at radius 1 is 1.20 bits per heavy atom. The van der Waals surface area contributed by atoms with Crippen LogP contribution >= 0.6 is 11.3 Å². The number of amides is 2. The molecule has 0 radical (unpaired) electrons. The summed E-state index contributed by atoms with van der Waals surface area (Å²) in [4.78, 5) is 42.9. The van der Waals surface area contributed by atoms with Gasteiger partial charge in [0.05, 0.1) is 22.5 Å². The number of aromatic nitrogens is 2. The van der Waals surface area contributed by atoms with Crippen LogP contribution in [0.5, 0.6) is 5.75 Å². The standard InChI is InChI=1S/C26H20F4N4O5S/c1-24(22(31)36)11-39-20-15(24)9-18(34-19(20)12-2-5-14(27)6-3-12)25(38,26(28,29)30)10-32-21(35)13-4-7-16-17(8-13)40-23(37)33-16/h2-9,38H,10-11H2,1H3,(H2,31,36)(H,32,35)(H,33,37)/t24-,25-/m0/s1. The van der Waals surface area contributed by atoms with Crippen LogP contribution in [0.25, 0.3) is 21.5 Å². The number of pyridine rings is 1. The number of nitrogens with one attached hydrogen (secondary N) is 2. The van der Waals surface area contributed by atoms with Crippen molar-refractivity contribution in [2.45, 2.75) is 24.1 Å². The molecule has 0 spiro atoms. The van der Waals surface area contributed by atoms with Gasteiger partial charge < -0.3 is 25.9 Å². The Hall–Kier alpha value is -4.30. The average molecular weight is 577 g/mol. The molecule has 0 saturated carbocycles. The second-order valence-corrected chi connectivity index (χ2v) is 10.5. The van der Waals surface area contributed by atoms with Crippen molar-refractivity contribution in [1.82, 2.24) is 15.3 Å². The van der Waals surface area contributed by atoms with E-state index < -0.39 is 47.1 Å². The molecule has 1 aliphatic rings. The zero-order valence-corrected chi connectivity index (χ0v) is 21.4. The lowest BCUT2D eigenvalue weighted by Gasteiger charge is -2.31. The SMILES string of the molecule is C[C@]1(C(N)=O)COc2c1cc([C@@](O)(CNC(=O)c1ccc3[nH]c(=O)sc3c1)C(F)(F)F)nc2-c1ccc(F)cc1. The molecule has 0 unspecified atom stereocenters. The van der Waals surface area contributed by atoms with E-state index in [-0.39, 0.29) is 39.6 Å². The van der Waals surface area contributed by atoms with E-state index in [0.29, 0.717) is 10.2 Å². The van der Waals surface area contributed by atoms with Crippen molar-refractivity contribution in [3.63, 3.8) is 0 Å². The maximum Gasteiger partial charge on any atom is 0.424 e. The summed E-state index contributed by atoms with van der Waals surface area (Å²) in [6.07, 6.45) is -5.35. The van der Waals surface area contributed by atoms with Gasteiger partial charge in [-0.1, -0.05) is 11.3 Å². The predicted molar refractivity (Wildman–Crippen MR) is 136 cm³/mol. The Bertz CT molecular complexity index is 1720. The van der Waals surface area contributed by atoms with Crippen LogP contribution in [0.15, 0.2) is 53.3 Å². The number of benzene rings is 2. The normalized spacial score (nSPS) is 18.1. The summed E-state index contributed by atoms with van der Waals surface area (Å²) >= 11 is 0.819.